The average Bonchev–Trinajstić information content (AvgIpc) is 3.36. The lowest BCUT2D eigenvalue weighted by Crippen LogP contribution is -2.21. The first-order chi connectivity index (χ1) is 12.7. The summed E-state index contributed by atoms with van der Waals surface area (Å²) in [6.45, 7) is 12.8. The zero-order chi connectivity index (χ0) is 20.3. The molecule has 0 aliphatic carbocycles. The van der Waals surface area contributed by atoms with Crippen LogP contribution >= 0.6 is 0 Å². The van der Waals surface area contributed by atoms with Crippen LogP contribution in [0.1, 0.15) is 46.0 Å². The number of nitrogens with zero attached hydrogens (tertiary/aromatic N) is 3. The van der Waals surface area contributed by atoms with E-state index in [1.807, 2.05) is 0 Å². The van der Waals surface area contributed by atoms with Crippen molar-refractivity contribution in [3.63, 3.8) is 0 Å². The van der Waals surface area contributed by atoms with Gasteiger partial charge in [0.05, 0.1) is 6.54 Å². The van der Waals surface area contributed by atoms with E-state index in [9.17, 15) is 8.78 Å². The van der Waals surface area contributed by atoms with Gasteiger partial charge in [-0.25, -0.2) is 8.78 Å². The highest BCUT2D eigenvalue weighted by molar-refractivity contribution is 4.78. The molecular formula is C21H44F2N4. The Balaban J connectivity index is 0.000000181. The van der Waals surface area contributed by atoms with Crippen molar-refractivity contribution in [1.82, 2.24) is 20.0 Å². The van der Waals surface area contributed by atoms with E-state index in [4.69, 9.17) is 0 Å². The molecule has 0 aromatic heterocycles. The third-order valence-electron chi connectivity index (χ3n) is 5.62. The van der Waals surface area contributed by atoms with Gasteiger partial charge in [0.15, 0.2) is 0 Å². The quantitative estimate of drug-likeness (QED) is 0.685. The summed E-state index contributed by atoms with van der Waals surface area (Å²) in [6.07, 6.45) is 5.63. The maximum absolute atomic E-state index is 12.2. The third kappa shape index (κ3) is 12.7. The van der Waals surface area contributed by atoms with Crippen LogP contribution in [0.2, 0.25) is 0 Å². The molecule has 162 valence electrons. The van der Waals surface area contributed by atoms with Gasteiger partial charge >= 0.3 is 0 Å². The van der Waals surface area contributed by atoms with Crippen LogP contribution in [0.3, 0.4) is 0 Å². The van der Waals surface area contributed by atoms with Gasteiger partial charge in [0.25, 0.3) is 5.92 Å². The minimum absolute atomic E-state index is 0.0312. The fraction of sp³-hybridized carbons (Fsp3) is 1.00. The molecule has 4 fully saturated rings. The maximum atomic E-state index is 12.2. The molecule has 0 aromatic carbocycles. The predicted octanol–water partition coefficient (Wildman–Crippen LogP) is 3.24. The molecule has 4 aliphatic rings. The topological polar surface area (TPSA) is 21.8 Å². The van der Waals surface area contributed by atoms with Crippen molar-refractivity contribution in [3.05, 3.63) is 0 Å². The van der Waals surface area contributed by atoms with Gasteiger partial charge in [-0.1, -0.05) is 13.8 Å². The van der Waals surface area contributed by atoms with E-state index >= 15 is 0 Å². The average molecular weight is 391 g/mol. The first kappa shape index (κ1) is 24.7. The van der Waals surface area contributed by atoms with Crippen molar-refractivity contribution in [1.29, 1.82) is 0 Å². The normalized spacial score (nSPS) is 30.8. The number of hydrogen-bond donors (Lipinski definition) is 1. The van der Waals surface area contributed by atoms with Gasteiger partial charge in [-0.05, 0) is 91.4 Å². The Labute approximate surface area is 166 Å². The molecule has 4 aliphatic heterocycles. The van der Waals surface area contributed by atoms with Crippen LogP contribution in [0.25, 0.3) is 0 Å². The SMILES string of the molecule is CN1CCC(F)(F)C1.CN1CCCC1.C[C@@H]1CCN(C)C1.C[C@@H]1CCNC1. The zero-order valence-corrected chi connectivity index (χ0v) is 18.4. The smallest absolute Gasteiger partial charge is 0.261 e. The Bertz CT molecular complexity index is 347. The van der Waals surface area contributed by atoms with Crippen molar-refractivity contribution >= 4 is 0 Å². The van der Waals surface area contributed by atoms with Gasteiger partial charge < -0.3 is 20.0 Å². The lowest BCUT2D eigenvalue weighted by atomic mass is 10.2. The first-order valence-corrected chi connectivity index (χ1v) is 10.8. The van der Waals surface area contributed by atoms with Crippen LogP contribution in [0.5, 0.6) is 0 Å². The number of likely N-dealkylation sites (tertiary alicyclic amines) is 3. The largest absolute Gasteiger partial charge is 0.316 e. The van der Waals surface area contributed by atoms with Crippen LogP contribution in [-0.2, 0) is 0 Å². The number of rotatable bonds is 0. The molecule has 0 bridgehead atoms. The Morgan fingerprint density at radius 2 is 1.48 bits per heavy atom. The van der Waals surface area contributed by atoms with Crippen LogP contribution < -0.4 is 5.32 Å². The van der Waals surface area contributed by atoms with E-state index in [2.05, 4.69) is 43.1 Å². The molecule has 6 heteroatoms. The van der Waals surface area contributed by atoms with Crippen molar-refractivity contribution in [2.45, 2.75) is 51.9 Å². The second-order valence-corrected chi connectivity index (χ2v) is 9.11. The van der Waals surface area contributed by atoms with E-state index < -0.39 is 5.92 Å². The molecule has 0 spiro atoms. The molecule has 27 heavy (non-hydrogen) atoms. The van der Waals surface area contributed by atoms with Gasteiger partial charge in [-0.3, -0.25) is 0 Å². The lowest BCUT2D eigenvalue weighted by molar-refractivity contribution is 0.0146. The zero-order valence-electron chi connectivity index (χ0n) is 18.4. The molecule has 0 aromatic rings. The maximum Gasteiger partial charge on any atom is 0.261 e. The van der Waals surface area contributed by atoms with Crippen molar-refractivity contribution in [2.75, 3.05) is 73.5 Å². The fourth-order valence-electron chi connectivity index (χ4n) is 3.74. The second kappa shape index (κ2) is 13.0. The summed E-state index contributed by atoms with van der Waals surface area (Å²) in [6, 6.07) is 0. The first-order valence-electron chi connectivity index (χ1n) is 10.8. The number of nitrogens with one attached hydrogen (secondary N) is 1. The molecule has 4 saturated heterocycles. The third-order valence-corrected chi connectivity index (χ3v) is 5.62. The van der Waals surface area contributed by atoms with Crippen LogP contribution in [0.15, 0.2) is 0 Å². The number of hydrogen-bond acceptors (Lipinski definition) is 4. The van der Waals surface area contributed by atoms with E-state index in [-0.39, 0.29) is 13.0 Å². The predicted molar refractivity (Wildman–Crippen MR) is 112 cm³/mol. The van der Waals surface area contributed by atoms with E-state index in [0.717, 1.165) is 11.8 Å². The van der Waals surface area contributed by atoms with Gasteiger partial charge in [0.2, 0.25) is 0 Å². The highest BCUT2D eigenvalue weighted by atomic mass is 19.3. The van der Waals surface area contributed by atoms with Crippen LogP contribution in [0, 0.1) is 11.8 Å². The Morgan fingerprint density at radius 1 is 0.815 bits per heavy atom. The van der Waals surface area contributed by atoms with E-state index in [1.54, 1.807) is 11.9 Å². The Hall–Kier alpha value is -0.300. The molecule has 4 rings (SSSR count). The summed E-state index contributed by atoms with van der Waals surface area (Å²) in [7, 11) is 6.07. The van der Waals surface area contributed by atoms with Crippen LogP contribution in [0.4, 0.5) is 8.78 Å². The molecule has 4 heterocycles. The fourth-order valence-corrected chi connectivity index (χ4v) is 3.74. The van der Waals surface area contributed by atoms with Crippen molar-refractivity contribution in [3.8, 4) is 0 Å². The molecule has 0 unspecified atom stereocenters. The number of halogens is 2. The standard InChI is InChI=1S/C6H13N.C5H9F2N.2C5H11N/c1-6-3-4-7(2)5-6;1-8-3-2-5(6,7)4-8;1-5-2-3-6-4-5;1-6-4-2-3-5-6/h6H,3-5H2,1-2H3;2-4H2,1H3;5-6H,2-4H2,1H3;2-5H2,1H3/t6-;;5-;/m1.1./s1. The minimum atomic E-state index is -2.41. The molecule has 1 N–H and O–H groups in total. The Kier molecular flexibility index (Phi) is 11.9. The van der Waals surface area contributed by atoms with Gasteiger partial charge in [-0.2, -0.15) is 0 Å². The lowest BCUT2D eigenvalue weighted by Gasteiger charge is -2.06. The summed E-state index contributed by atoms with van der Waals surface area (Å²) in [5.41, 5.74) is 0. The second-order valence-electron chi connectivity index (χ2n) is 9.11. The summed E-state index contributed by atoms with van der Waals surface area (Å²) in [4.78, 5) is 6.38. The minimum Gasteiger partial charge on any atom is -0.316 e. The van der Waals surface area contributed by atoms with E-state index in [0.29, 0.717) is 6.54 Å². The highest BCUT2D eigenvalue weighted by Crippen LogP contribution is 2.24. The molecule has 0 saturated carbocycles. The van der Waals surface area contributed by atoms with Gasteiger partial charge in [-0.15, -0.1) is 0 Å². The summed E-state index contributed by atoms with van der Waals surface area (Å²) < 4.78 is 24.3. The molecular weight excluding hydrogens is 346 g/mol. The van der Waals surface area contributed by atoms with E-state index in [1.165, 1.54) is 65.0 Å². The molecule has 2 atom stereocenters. The summed E-state index contributed by atoms with van der Waals surface area (Å²) in [5.74, 6) is -0.524. The van der Waals surface area contributed by atoms with Gasteiger partial charge in [0, 0.05) is 19.5 Å². The summed E-state index contributed by atoms with van der Waals surface area (Å²) >= 11 is 0. The van der Waals surface area contributed by atoms with Gasteiger partial charge in [0.1, 0.15) is 0 Å². The summed E-state index contributed by atoms with van der Waals surface area (Å²) in [5, 5.41) is 3.27. The van der Waals surface area contributed by atoms with Crippen LogP contribution in [-0.4, -0.2) is 94.1 Å². The number of alkyl halides is 2. The highest BCUT2D eigenvalue weighted by Gasteiger charge is 2.36. The Morgan fingerprint density at radius 3 is 1.63 bits per heavy atom. The monoisotopic (exact) mass is 390 g/mol. The molecule has 0 radical (unpaired) electrons. The van der Waals surface area contributed by atoms with Crippen molar-refractivity contribution in [2.24, 2.45) is 11.8 Å². The molecule has 0 amide bonds. The molecule has 4 nitrogen and oxygen atoms in total. The van der Waals surface area contributed by atoms with Crippen molar-refractivity contribution < 1.29 is 8.78 Å².